The van der Waals surface area contributed by atoms with Crippen LogP contribution in [-0.2, 0) is 12.7 Å². The molecule has 0 fully saturated rings. The summed E-state index contributed by atoms with van der Waals surface area (Å²) in [5, 5.41) is 16.0. The molecule has 0 amide bonds. The molecule has 0 atom stereocenters. The normalized spacial score (nSPS) is 11.5. The average Bonchev–Trinajstić information content (AvgIpc) is 3.24. The highest BCUT2D eigenvalue weighted by atomic mass is 35.5. The van der Waals surface area contributed by atoms with E-state index in [9.17, 15) is 26.7 Å². The Hall–Kier alpha value is -3.92. The summed E-state index contributed by atoms with van der Waals surface area (Å²) in [5.74, 6) is -2.90. The molecule has 0 saturated heterocycles. The number of rotatable bonds is 6. The molecule has 1 heterocycles. The number of hydrogen-bond donors (Lipinski definition) is 2. The second kappa shape index (κ2) is 9.38. The molecule has 0 aliphatic heterocycles. The zero-order chi connectivity index (χ0) is 25.3. The van der Waals surface area contributed by atoms with E-state index in [4.69, 9.17) is 16.7 Å². The monoisotopic (exact) mass is 507 g/mol. The summed E-state index contributed by atoms with van der Waals surface area (Å²) in [6, 6.07) is 11.9. The fourth-order valence-corrected chi connectivity index (χ4v) is 3.50. The number of aromatic carboxylic acids is 1. The lowest BCUT2D eigenvalue weighted by atomic mass is 10.1. The maximum Gasteiger partial charge on any atom is 0.416 e. The van der Waals surface area contributed by atoms with Gasteiger partial charge in [0.25, 0.3) is 0 Å². The van der Waals surface area contributed by atoms with Crippen LogP contribution in [0.1, 0.15) is 21.5 Å². The third kappa shape index (κ3) is 5.27. The van der Waals surface area contributed by atoms with Crippen LogP contribution in [0.3, 0.4) is 0 Å². The van der Waals surface area contributed by atoms with Gasteiger partial charge in [0.2, 0.25) is 0 Å². The molecule has 0 saturated carbocycles. The molecule has 0 radical (unpaired) electrons. The van der Waals surface area contributed by atoms with Crippen LogP contribution >= 0.6 is 11.6 Å². The molecule has 0 unspecified atom stereocenters. The van der Waals surface area contributed by atoms with Gasteiger partial charge >= 0.3 is 12.1 Å². The number of halogens is 6. The standard InChI is InChI=1S/C24H15ClF5N3O2/c25-18-9-21(20(27)10-19(18)26)31-11-15-12-33(17-7-3-14(4-8-17)23(34)35)32-22(15)13-1-5-16(6-2-13)24(28,29)30/h1-10,12,31H,11H2,(H,34,35). The first-order chi connectivity index (χ1) is 16.5. The lowest BCUT2D eigenvalue weighted by Gasteiger charge is -2.10. The minimum Gasteiger partial charge on any atom is -0.478 e. The predicted octanol–water partition coefficient (Wildman–Crippen LogP) is 6.80. The second-order valence-electron chi connectivity index (χ2n) is 7.47. The van der Waals surface area contributed by atoms with Crippen LogP contribution in [0.2, 0.25) is 5.02 Å². The fraction of sp³-hybridized carbons (Fsp3) is 0.0833. The van der Waals surface area contributed by atoms with Crippen LogP contribution in [0.4, 0.5) is 27.6 Å². The number of nitrogens with one attached hydrogen (secondary N) is 1. The molecule has 0 bridgehead atoms. The highest BCUT2D eigenvalue weighted by Gasteiger charge is 2.30. The quantitative estimate of drug-likeness (QED) is 0.222. The van der Waals surface area contributed by atoms with E-state index in [0.717, 1.165) is 18.2 Å². The van der Waals surface area contributed by atoms with Crippen molar-refractivity contribution in [3.63, 3.8) is 0 Å². The molecule has 1 aromatic heterocycles. The fourth-order valence-electron chi connectivity index (χ4n) is 3.34. The van der Waals surface area contributed by atoms with Gasteiger partial charge in [-0.25, -0.2) is 18.3 Å². The van der Waals surface area contributed by atoms with Crippen LogP contribution in [0.15, 0.2) is 66.9 Å². The average molecular weight is 508 g/mol. The Morgan fingerprint density at radius 3 is 2.26 bits per heavy atom. The number of alkyl halides is 3. The molecule has 0 aliphatic carbocycles. The van der Waals surface area contributed by atoms with Crippen molar-refractivity contribution >= 4 is 23.3 Å². The maximum atomic E-state index is 14.1. The smallest absolute Gasteiger partial charge is 0.416 e. The highest BCUT2D eigenvalue weighted by Crippen LogP contribution is 2.32. The molecular formula is C24H15ClF5N3O2. The number of carboxylic acid groups (broad SMARTS) is 1. The lowest BCUT2D eigenvalue weighted by Crippen LogP contribution is -2.04. The van der Waals surface area contributed by atoms with Crippen molar-refractivity contribution in [2.24, 2.45) is 0 Å². The van der Waals surface area contributed by atoms with Crippen molar-refractivity contribution in [1.82, 2.24) is 9.78 Å². The topological polar surface area (TPSA) is 67.2 Å². The number of aromatic nitrogens is 2. The molecular weight excluding hydrogens is 493 g/mol. The molecule has 0 spiro atoms. The Kier molecular flexibility index (Phi) is 6.49. The van der Waals surface area contributed by atoms with E-state index in [1.54, 1.807) is 6.20 Å². The molecule has 0 aliphatic rings. The van der Waals surface area contributed by atoms with Crippen LogP contribution in [0.5, 0.6) is 0 Å². The van der Waals surface area contributed by atoms with Gasteiger partial charge in [-0.2, -0.15) is 18.3 Å². The largest absolute Gasteiger partial charge is 0.478 e. The molecule has 2 N–H and O–H groups in total. The Labute approximate surface area is 200 Å². The number of anilines is 1. The molecule has 11 heteroatoms. The molecule has 4 aromatic rings. The lowest BCUT2D eigenvalue weighted by molar-refractivity contribution is -0.137. The first kappa shape index (κ1) is 24.2. The number of benzene rings is 3. The summed E-state index contributed by atoms with van der Waals surface area (Å²) in [4.78, 5) is 11.1. The zero-order valence-corrected chi connectivity index (χ0v) is 18.3. The number of carboxylic acids is 1. The summed E-state index contributed by atoms with van der Waals surface area (Å²) in [6.45, 7) is -0.0254. The predicted molar refractivity (Wildman–Crippen MR) is 120 cm³/mol. The Balaban J connectivity index is 1.72. The van der Waals surface area contributed by atoms with Crippen molar-refractivity contribution < 1.29 is 31.9 Å². The van der Waals surface area contributed by atoms with E-state index in [2.05, 4.69) is 10.4 Å². The summed E-state index contributed by atoms with van der Waals surface area (Å²) >= 11 is 5.73. The SMILES string of the molecule is O=C(O)c1ccc(-n2cc(CNc3cc(Cl)c(F)cc3F)c(-c3ccc(C(F)(F)F)cc3)n2)cc1. The van der Waals surface area contributed by atoms with Crippen LogP contribution in [0.25, 0.3) is 16.9 Å². The zero-order valence-electron chi connectivity index (χ0n) is 17.6. The molecule has 180 valence electrons. The van der Waals surface area contributed by atoms with E-state index < -0.39 is 29.3 Å². The van der Waals surface area contributed by atoms with Crippen molar-refractivity contribution in [2.45, 2.75) is 12.7 Å². The van der Waals surface area contributed by atoms with Gasteiger partial charge in [0.15, 0.2) is 0 Å². The van der Waals surface area contributed by atoms with Crippen LogP contribution in [-0.4, -0.2) is 20.9 Å². The van der Waals surface area contributed by atoms with Crippen LogP contribution in [0, 0.1) is 11.6 Å². The molecule has 5 nitrogen and oxygen atoms in total. The van der Waals surface area contributed by atoms with Crippen molar-refractivity contribution in [2.75, 3.05) is 5.32 Å². The molecule has 35 heavy (non-hydrogen) atoms. The highest BCUT2D eigenvalue weighted by molar-refractivity contribution is 6.31. The van der Waals surface area contributed by atoms with E-state index in [1.807, 2.05) is 0 Å². The van der Waals surface area contributed by atoms with Gasteiger partial charge in [0, 0.05) is 29.9 Å². The van der Waals surface area contributed by atoms with Gasteiger partial charge in [0.1, 0.15) is 11.6 Å². The minimum absolute atomic E-state index is 0.0254. The third-order valence-corrected chi connectivity index (χ3v) is 5.42. The van der Waals surface area contributed by atoms with Gasteiger partial charge in [-0.3, -0.25) is 0 Å². The Morgan fingerprint density at radius 1 is 1.00 bits per heavy atom. The van der Waals surface area contributed by atoms with E-state index in [1.165, 1.54) is 41.1 Å². The van der Waals surface area contributed by atoms with Gasteiger partial charge in [0.05, 0.1) is 33.2 Å². The van der Waals surface area contributed by atoms with E-state index in [-0.39, 0.29) is 22.8 Å². The number of nitrogens with zero attached hydrogens (tertiary/aromatic N) is 2. The van der Waals surface area contributed by atoms with Gasteiger partial charge in [-0.05, 0) is 42.5 Å². The molecule has 3 aromatic carbocycles. The first-order valence-electron chi connectivity index (χ1n) is 10.0. The van der Waals surface area contributed by atoms with E-state index >= 15 is 0 Å². The second-order valence-corrected chi connectivity index (χ2v) is 7.88. The van der Waals surface area contributed by atoms with Crippen molar-refractivity contribution in [1.29, 1.82) is 0 Å². The molecule has 4 rings (SSSR count). The van der Waals surface area contributed by atoms with Crippen molar-refractivity contribution in [3.8, 4) is 16.9 Å². The number of hydrogen-bond acceptors (Lipinski definition) is 3. The third-order valence-electron chi connectivity index (χ3n) is 5.13. The summed E-state index contributed by atoms with van der Waals surface area (Å²) < 4.78 is 68.0. The maximum absolute atomic E-state index is 14.1. The van der Waals surface area contributed by atoms with Gasteiger partial charge in [-0.1, -0.05) is 23.7 Å². The minimum atomic E-state index is -4.51. The summed E-state index contributed by atoms with van der Waals surface area (Å²) in [6.07, 6.45) is -2.94. The van der Waals surface area contributed by atoms with Gasteiger partial charge < -0.3 is 10.4 Å². The van der Waals surface area contributed by atoms with E-state index in [0.29, 0.717) is 28.6 Å². The first-order valence-corrected chi connectivity index (χ1v) is 10.4. The van der Waals surface area contributed by atoms with Crippen LogP contribution < -0.4 is 5.32 Å². The Bertz CT molecular complexity index is 1380. The van der Waals surface area contributed by atoms with Crippen molar-refractivity contribution in [3.05, 3.63) is 100 Å². The van der Waals surface area contributed by atoms with Gasteiger partial charge in [-0.15, -0.1) is 0 Å². The number of carbonyl (C=O) groups is 1. The summed E-state index contributed by atoms with van der Waals surface area (Å²) in [5.41, 5.74) is 0.809. The Morgan fingerprint density at radius 2 is 1.66 bits per heavy atom. The summed E-state index contributed by atoms with van der Waals surface area (Å²) in [7, 11) is 0.